The molecular weight excluding hydrogens is 194 g/mol. The van der Waals surface area contributed by atoms with Crippen LogP contribution in [0.4, 0.5) is 5.69 Å². The van der Waals surface area contributed by atoms with Gasteiger partial charge in [0, 0.05) is 35.3 Å². The summed E-state index contributed by atoms with van der Waals surface area (Å²) in [5.41, 5.74) is 7.61. The average Bonchev–Trinajstić information content (AvgIpc) is 2.59. The Balaban J connectivity index is 2.66. The third-order valence-corrected chi connectivity index (χ3v) is 2.40. The molecule has 0 amide bonds. The quantitative estimate of drug-likeness (QED) is 0.581. The van der Waals surface area contributed by atoms with Crippen LogP contribution in [0.3, 0.4) is 0 Å². The maximum atomic E-state index is 10.6. The lowest BCUT2D eigenvalue weighted by Gasteiger charge is -2.01. The Bertz CT molecular complexity index is 516. The van der Waals surface area contributed by atoms with E-state index < -0.39 is 4.92 Å². The normalized spacial score (nSPS) is 12.9. The lowest BCUT2D eigenvalue weighted by Crippen LogP contribution is -2.03. The van der Waals surface area contributed by atoms with Crippen LogP contribution in [0.1, 0.15) is 18.5 Å². The maximum absolute atomic E-state index is 10.6. The first kappa shape index (κ1) is 9.67. The van der Waals surface area contributed by atoms with Gasteiger partial charge in [-0.15, -0.1) is 0 Å². The summed E-state index contributed by atoms with van der Waals surface area (Å²) in [7, 11) is 0. The molecule has 1 aromatic carbocycles. The molecule has 78 valence electrons. The number of hydrogen-bond donors (Lipinski definition) is 2. The van der Waals surface area contributed by atoms with Gasteiger partial charge in [0.2, 0.25) is 0 Å². The minimum Gasteiger partial charge on any atom is -0.361 e. The summed E-state index contributed by atoms with van der Waals surface area (Å²) in [5, 5.41) is 11.4. The van der Waals surface area contributed by atoms with Crippen LogP contribution in [0.25, 0.3) is 10.9 Å². The monoisotopic (exact) mass is 205 g/mol. The van der Waals surface area contributed by atoms with E-state index in [0.717, 1.165) is 16.5 Å². The molecule has 1 heterocycles. The Morgan fingerprint density at radius 1 is 1.53 bits per heavy atom. The second kappa shape index (κ2) is 3.36. The van der Waals surface area contributed by atoms with Crippen molar-refractivity contribution >= 4 is 16.6 Å². The molecule has 5 heteroatoms. The molecule has 0 fully saturated rings. The molecule has 2 aromatic rings. The van der Waals surface area contributed by atoms with Crippen molar-refractivity contribution in [2.45, 2.75) is 13.0 Å². The van der Waals surface area contributed by atoms with Crippen molar-refractivity contribution in [3.8, 4) is 0 Å². The zero-order valence-electron chi connectivity index (χ0n) is 8.23. The van der Waals surface area contributed by atoms with Gasteiger partial charge in [0.05, 0.1) is 4.92 Å². The smallest absolute Gasteiger partial charge is 0.270 e. The largest absolute Gasteiger partial charge is 0.361 e. The summed E-state index contributed by atoms with van der Waals surface area (Å²) in [6.45, 7) is 1.85. The Kier molecular flexibility index (Phi) is 2.17. The molecule has 0 saturated carbocycles. The van der Waals surface area contributed by atoms with Gasteiger partial charge in [0.15, 0.2) is 0 Å². The highest BCUT2D eigenvalue weighted by atomic mass is 16.6. The summed E-state index contributed by atoms with van der Waals surface area (Å²) in [5.74, 6) is 0. The number of aromatic nitrogens is 1. The van der Waals surface area contributed by atoms with Gasteiger partial charge >= 0.3 is 0 Å². The third-order valence-electron chi connectivity index (χ3n) is 2.40. The standard InChI is InChI=1S/C10H11N3O2/c1-6(11)9-5-12-10-3-2-7(13(14)15)4-8(9)10/h2-6,12H,11H2,1H3/t6-/m0/s1. The fourth-order valence-corrected chi connectivity index (χ4v) is 1.62. The van der Waals surface area contributed by atoms with E-state index in [0.29, 0.717) is 0 Å². The van der Waals surface area contributed by atoms with E-state index in [2.05, 4.69) is 4.98 Å². The van der Waals surface area contributed by atoms with Crippen LogP contribution < -0.4 is 5.73 Å². The first-order valence-corrected chi connectivity index (χ1v) is 4.60. The van der Waals surface area contributed by atoms with Gasteiger partial charge in [-0.05, 0) is 18.6 Å². The van der Waals surface area contributed by atoms with E-state index in [9.17, 15) is 10.1 Å². The van der Waals surface area contributed by atoms with Gasteiger partial charge in [-0.2, -0.15) is 0 Å². The molecule has 0 aliphatic carbocycles. The average molecular weight is 205 g/mol. The van der Waals surface area contributed by atoms with Gasteiger partial charge in [0.25, 0.3) is 5.69 Å². The highest BCUT2D eigenvalue weighted by molar-refractivity contribution is 5.85. The van der Waals surface area contributed by atoms with Gasteiger partial charge < -0.3 is 10.7 Å². The molecule has 0 bridgehead atoms. The van der Waals surface area contributed by atoms with Crippen molar-refractivity contribution in [3.63, 3.8) is 0 Å². The Labute approximate surface area is 86.0 Å². The fraction of sp³-hybridized carbons (Fsp3) is 0.200. The molecule has 1 atom stereocenters. The SMILES string of the molecule is C[C@H](N)c1c[nH]c2ccc([N+](=O)[O-])cc12. The Hall–Kier alpha value is -1.88. The van der Waals surface area contributed by atoms with E-state index in [4.69, 9.17) is 5.73 Å². The number of aromatic amines is 1. The zero-order valence-corrected chi connectivity index (χ0v) is 8.23. The van der Waals surface area contributed by atoms with Gasteiger partial charge in [-0.1, -0.05) is 0 Å². The van der Waals surface area contributed by atoms with Crippen LogP contribution in [-0.2, 0) is 0 Å². The van der Waals surface area contributed by atoms with Crippen LogP contribution in [0.15, 0.2) is 24.4 Å². The fourth-order valence-electron chi connectivity index (χ4n) is 1.62. The number of nitro benzene ring substituents is 1. The van der Waals surface area contributed by atoms with Crippen LogP contribution in [0, 0.1) is 10.1 Å². The van der Waals surface area contributed by atoms with E-state index in [-0.39, 0.29) is 11.7 Å². The topological polar surface area (TPSA) is 85.0 Å². The van der Waals surface area contributed by atoms with Crippen LogP contribution in [0.2, 0.25) is 0 Å². The number of nitrogens with two attached hydrogens (primary N) is 1. The van der Waals surface area contributed by atoms with Gasteiger partial charge in [0.1, 0.15) is 0 Å². The minimum absolute atomic E-state index is 0.0870. The number of hydrogen-bond acceptors (Lipinski definition) is 3. The molecule has 1 aromatic heterocycles. The van der Waals surface area contributed by atoms with Gasteiger partial charge in [-0.25, -0.2) is 0 Å². The van der Waals surface area contributed by atoms with E-state index >= 15 is 0 Å². The molecule has 0 spiro atoms. The number of fused-ring (bicyclic) bond motifs is 1. The van der Waals surface area contributed by atoms with Crippen molar-refractivity contribution in [1.29, 1.82) is 0 Å². The highest BCUT2D eigenvalue weighted by Gasteiger charge is 2.12. The van der Waals surface area contributed by atoms with E-state index in [1.807, 2.05) is 6.92 Å². The predicted octanol–water partition coefficient (Wildman–Crippen LogP) is 2.10. The van der Waals surface area contributed by atoms with Crippen molar-refractivity contribution in [2.75, 3.05) is 0 Å². The number of rotatable bonds is 2. The summed E-state index contributed by atoms with van der Waals surface area (Å²) in [4.78, 5) is 13.2. The van der Waals surface area contributed by atoms with Crippen molar-refractivity contribution in [2.24, 2.45) is 5.73 Å². The summed E-state index contributed by atoms with van der Waals surface area (Å²) >= 11 is 0. The molecule has 0 aliphatic rings. The lowest BCUT2D eigenvalue weighted by molar-refractivity contribution is -0.384. The highest BCUT2D eigenvalue weighted by Crippen LogP contribution is 2.26. The summed E-state index contributed by atoms with van der Waals surface area (Å²) in [6, 6.07) is 4.58. The first-order chi connectivity index (χ1) is 7.09. The number of H-pyrrole nitrogens is 1. The lowest BCUT2D eigenvalue weighted by atomic mass is 10.1. The van der Waals surface area contributed by atoms with Crippen molar-refractivity contribution in [3.05, 3.63) is 40.1 Å². The molecule has 15 heavy (non-hydrogen) atoms. The van der Waals surface area contributed by atoms with Crippen LogP contribution in [0.5, 0.6) is 0 Å². The molecule has 0 radical (unpaired) electrons. The molecule has 0 saturated heterocycles. The van der Waals surface area contributed by atoms with Crippen molar-refractivity contribution in [1.82, 2.24) is 4.98 Å². The summed E-state index contributed by atoms with van der Waals surface area (Å²) < 4.78 is 0. The second-order valence-corrected chi connectivity index (χ2v) is 3.52. The van der Waals surface area contributed by atoms with Crippen LogP contribution in [-0.4, -0.2) is 9.91 Å². The first-order valence-electron chi connectivity index (χ1n) is 4.60. The molecular formula is C10H11N3O2. The number of nitrogens with zero attached hydrogens (tertiary/aromatic N) is 1. The zero-order chi connectivity index (χ0) is 11.0. The number of non-ortho nitro benzene ring substituents is 1. The Morgan fingerprint density at radius 2 is 2.27 bits per heavy atom. The molecule has 0 aliphatic heterocycles. The predicted molar refractivity (Wildman–Crippen MR) is 57.6 cm³/mol. The molecule has 5 nitrogen and oxygen atoms in total. The second-order valence-electron chi connectivity index (χ2n) is 3.52. The van der Waals surface area contributed by atoms with E-state index in [1.54, 1.807) is 18.3 Å². The summed E-state index contributed by atoms with van der Waals surface area (Å²) in [6.07, 6.45) is 1.79. The molecule has 3 N–H and O–H groups in total. The third kappa shape index (κ3) is 1.57. The molecule has 0 unspecified atom stereocenters. The Morgan fingerprint density at radius 3 is 2.87 bits per heavy atom. The van der Waals surface area contributed by atoms with Crippen molar-refractivity contribution < 1.29 is 4.92 Å². The van der Waals surface area contributed by atoms with Gasteiger partial charge in [-0.3, -0.25) is 10.1 Å². The number of nitrogens with one attached hydrogen (secondary N) is 1. The maximum Gasteiger partial charge on any atom is 0.270 e. The number of benzene rings is 1. The minimum atomic E-state index is -0.405. The van der Waals surface area contributed by atoms with E-state index in [1.165, 1.54) is 6.07 Å². The number of nitro groups is 1. The molecule has 2 rings (SSSR count). The van der Waals surface area contributed by atoms with Crippen LogP contribution >= 0.6 is 0 Å².